The van der Waals surface area contributed by atoms with Crippen LogP contribution in [0.25, 0.3) is 11.4 Å². The summed E-state index contributed by atoms with van der Waals surface area (Å²) in [5.74, 6) is 1.44. The molecule has 24 heavy (non-hydrogen) atoms. The van der Waals surface area contributed by atoms with E-state index in [-0.39, 0.29) is 0 Å². The smallest absolute Gasteiger partial charge is 0.159 e. The van der Waals surface area contributed by atoms with Crippen LogP contribution >= 0.6 is 0 Å². The third kappa shape index (κ3) is 6.28. The van der Waals surface area contributed by atoms with Crippen LogP contribution in [0.2, 0.25) is 0 Å². The fourth-order valence-corrected chi connectivity index (χ4v) is 2.48. The van der Waals surface area contributed by atoms with E-state index in [0.717, 1.165) is 43.9 Å². The van der Waals surface area contributed by atoms with Gasteiger partial charge in [-0.3, -0.25) is 0 Å². The van der Waals surface area contributed by atoms with E-state index in [1.807, 2.05) is 6.92 Å². The average Bonchev–Trinajstić information content (AvgIpc) is 2.62. The molecule has 0 unspecified atom stereocenters. The molecule has 130 valence electrons. The van der Waals surface area contributed by atoms with Crippen molar-refractivity contribution in [3.8, 4) is 17.1 Å². The number of rotatable bonds is 11. The maximum atomic E-state index is 5.50. The highest BCUT2D eigenvalue weighted by atomic mass is 16.5. The van der Waals surface area contributed by atoms with Gasteiger partial charge < -0.3 is 9.47 Å². The quantitative estimate of drug-likeness (QED) is 0.562. The molecule has 0 spiro atoms. The van der Waals surface area contributed by atoms with E-state index in [1.165, 1.54) is 18.4 Å². The van der Waals surface area contributed by atoms with E-state index in [2.05, 4.69) is 41.2 Å². The molecule has 0 aliphatic rings. The number of nitrogens with zero attached hydrogens (tertiary/aromatic N) is 2. The number of hydrogen-bond donors (Lipinski definition) is 0. The predicted octanol–water partition coefficient (Wildman–Crippen LogP) is 4.68. The maximum absolute atomic E-state index is 5.50. The Balaban J connectivity index is 1.76. The molecule has 0 bridgehead atoms. The minimum absolute atomic E-state index is 0.627. The highest BCUT2D eigenvalue weighted by Gasteiger charge is 2.02. The molecular weight excluding hydrogens is 300 g/mol. The third-order valence-corrected chi connectivity index (χ3v) is 3.75. The topological polar surface area (TPSA) is 44.2 Å². The van der Waals surface area contributed by atoms with Crippen LogP contribution in [0.3, 0.4) is 0 Å². The Hall–Kier alpha value is -1.94. The van der Waals surface area contributed by atoms with Crippen molar-refractivity contribution < 1.29 is 9.47 Å². The average molecular weight is 328 g/mol. The van der Waals surface area contributed by atoms with E-state index in [0.29, 0.717) is 12.4 Å². The minimum atomic E-state index is 0.627. The van der Waals surface area contributed by atoms with Crippen LogP contribution in [-0.2, 0) is 11.2 Å². The number of hydrogen-bond acceptors (Lipinski definition) is 4. The van der Waals surface area contributed by atoms with Crippen LogP contribution in [0.1, 0.15) is 45.1 Å². The SMILES string of the molecule is CCCOCCCCCc1ccc(-c2ncc(OCC)cn2)cc1. The minimum Gasteiger partial charge on any atom is -0.491 e. The van der Waals surface area contributed by atoms with Crippen molar-refractivity contribution in [3.05, 3.63) is 42.2 Å². The zero-order valence-electron chi connectivity index (χ0n) is 14.8. The van der Waals surface area contributed by atoms with E-state index in [1.54, 1.807) is 12.4 Å². The number of aromatic nitrogens is 2. The summed E-state index contributed by atoms with van der Waals surface area (Å²) in [4.78, 5) is 8.72. The van der Waals surface area contributed by atoms with Crippen LogP contribution in [0.5, 0.6) is 5.75 Å². The normalized spacial score (nSPS) is 10.8. The fourth-order valence-electron chi connectivity index (χ4n) is 2.48. The second-order valence-corrected chi connectivity index (χ2v) is 5.80. The summed E-state index contributed by atoms with van der Waals surface area (Å²) in [6.07, 6.45) is 9.23. The second kappa shape index (κ2) is 10.8. The van der Waals surface area contributed by atoms with E-state index < -0.39 is 0 Å². The van der Waals surface area contributed by atoms with Gasteiger partial charge in [-0.05, 0) is 38.2 Å². The molecule has 0 amide bonds. The lowest BCUT2D eigenvalue weighted by Gasteiger charge is -2.06. The van der Waals surface area contributed by atoms with Gasteiger partial charge in [-0.2, -0.15) is 0 Å². The summed E-state index contributed by atoms with van der Waals surface area (Å²) in [6, 6.07) is 8.52. The van der Waals surface area contributed by atoms with Crippen molar-refractivity contribution in [1.29, 1.82) is 0 Å². The summed E-state index contributed by atoms with van der Waals surface area (Å²) >= 11 is 0. The number of unbranched alkanes of at least 4 members (excludes halogenated alkanes) is 2. The van der Waals surface area contributed by atoms with Gasteiger partial charge in [0.15, 0.2) is 11.6 Å². The van der Waals surface area contributed by atoms with Gasteiger partial charge in [0.1, 0.15) is 0 Å². The number of ether oxygens (including phenoxy) is 2. The molecule has 4 nitrogen and oxygen atoms in total. The third-order valence-electron chi connectivity index (χ3n) is 3.75. The Morgan fingerprint density at radius 3 is 2.29 bits per heavy atom. The molecule has 2 aromatic rings. The van der Waals surface area contributed by atoms with Crippen molar-refractivity contribution in [2.24, 2.45) is 0 Å². The highest BCUT2D eigenvalue weighted by molar-refractivity contribution is 5.55. The lowest BCUT2D eigenvalue weighted by atomic mass is 10.0. The summed E-state index contributed by atoms with van der Waals surface area (Å²) in [5, 5.41) is 0. The van der Waals surface area contributed by atoms with Gasteiger partial charge in [-0.15, -0.1) is 0 Å². The maximum Gasteiger partial charge on any atom is 0.159 e. The Labute approximate surface area is 145 Å². The van der Waals surface area contributed by atoms with Crippen LogP contribution in [0.4, 0.5) is 0 Å². The molecule has 0 N–H and O–H groups in total. The Morgan fingerprint density at radius 1 is 0.875 bits per heavy atom. The van der Waals surface area contributed by atoms with Crippen LogP contribution in [0.15, 0.2) is 36.7 Å². The van der Waals surface area contributed by atoms with Gasteiger partial charge in [0.2, 0.25) is 0 Å². The summed E-state index contributed by atoms with van der Waals surface area (Å²) < 4.78 is 10.9. The molecule has 0 atom stereocenters. The Kier molecular flexibility index (Phi) is 8.25. The molecule has 0 aliphatic carbocycles. The van der Waals surface area contributed by atoms with E-state index in [4.69, 9.17) is 9.47 Å². The lowest BCUT2D eigenvalue weighted by molar-refractivity contribution is 0.130. The van der Waals surface area contributed by atoms with Crippen LogP contribution < -0.4 is 4.74 Å². The Morgan fingerprint density at radius 2 is 1.62 bits per heavy atom. The largest absolute Gasteiger partial charge is 0.491 e. The second-order valence-electron chi connectivity index (χ2n) is 5.80. The first-order valence-corrected chi connectivity index (χ1v) is 8.95. The molecule has 0 saturated carbocycles. The zero-order chi connectivity index (χ0) is 17.0. The predicted molar refractivity (Wildman–Crippen MR) is 97.3 cm³/mol. The Bertz CT molecular complexity index is 567. The van der Waals surface area contributed by atoms with Gasteiger partial charge in [-0.1, -0.05) is 37.6 Å². The van der Waals surface area contributed by atoms with Gasteiger partial charge in [0.25, 0.3) is 0 Å². The zero-order valence-corrected chi connectivity index (χ0v) is 14.8. The highest BCUT2D eigenvalue weighted by Crippen LogP contribution is 2.18. The van der Waals surface area contributed by atoms with E-state index in [9.17, 15) is 0 Å². The van der Waals surface area contributed by atoms with Crippen molar-refractivity contribution in [2.75, 3.05) is 19.8 Å². The summed E-state index contributed by atoms with van der Waals surface area (Å²) in [5.41, 5.74) is 2.40. The van der Waals surface area contributed by atoms with Crippen molar-refractivity contribution in [3.63, 3.8) is 0 Å². The van der Waals surface area contributed by atoms with E-state index >= 15 is 0 Å². The first-order valence-electron chi connectivity index (χ1n) is 8.95. The monoisotopic (exact) mass is 328 g/mol. The number of aryl methyl sites for hydroxylation is 1. The summed E-state index contributed by atoms with van der Waals surface area (Å²) in [7, 11) is 0. The molecule has 0 fully saturated rings. The van der Waals surface area contributed by atoms with Crippen LogP contribution in [0, 0.1) is 0 Å². The van der Waals surface area contributed by atoms with Crippen molar-refractivity contribution in [1.82, 2.24) is 9.97 Å². The molecule has 0 aliphatic heterocycles. The molecule has 1 aromatic carbocycles. The molecule has 1 heterocycles. The van der Waals surface area contributed by atoms with Crippen LogP contribution in [-0.4, -0.2) is 29.8 Å². The van der Waals surface area contributed by atoms with Crippen molar-refractivity contribution >= 4 is 0 Å². The van der Waals surface area contributed by atoms with Crippen molar-refractivity contribution in [2.45, 2.75) is 46.0 Å². The first-order chi connectivity index (χ1) is 11.8. The van der Waals surface area contributed by atoms with Gasteiger partial charge in [0.05, 0.1) is 19.0 Å². The molecule has 1 aromatic heterocycles. The fraction of sp³-hybridized carbons (Fsp3) is 0.500. The van der Waals surface area contributed by atoms with Gasteiger partial charge in [0, 0.05) is 18.8 Å². The molecule has 0 radical (unpaired) electrons. The molecule has 4 heteroatoms. The lowest BCUT2D eigenvalue weighted by Crippen LogP contribution is -1.96. The summed E-state index contributed by atoms with van der Waals surface area (Å²) in [6.45, 7) is 6.49. The standard InChI is InChI=1S/C20H28N2O2/c1-3-13-23-14-7-5-6-8-17-9-11-18(12-10-17)20-21-15-19(16-22-20)24-4-2/h9-12,15-16H,3-8,13-14H2,1-2H3. The molecule has 0 saturated heterocycles. The van der Waals surface area contributed by atoms with Gasteiger partial charge in [-0.25, -0.2) is 9.97 Å². The molecule has 2 rings (SSSR count). The van der Waals surface area contributed by atoms with Gasteiger partial charge >= 0.3 is 0 Å². The number of benzene rings is 1. The molecular formula is C20H28N2O2. The first kappa shape index (κ1) is 18.4.